The van der Waals surface area contributed by atoms with Gasteiger partial charge in [0.25, 0.3) is 5.91 Å². The Kier molecular flexibility index (Phi) is 3.38. The lowest BCUT2D eigenvalue weighted by molar-refractivity contribution is 0.0949. The number of aromatic nitrogens is 3. The number of nitrogens with one attached hydrogen (secondary N) is 2. The molecule has 0 aromatic carbocycles. The molecule has 0 radical (unpaired) electrons. The van der Waals surface area contributed by atoms with Crippen LogP contribution in [-0.4, -0.2) is 20.9 Å². The summed E-state index contributed by atoms with van der Waals surface area (Å²) in [6.07, 6.45) is 4.71. The van der Waals surface area contributed by atoms with Crippen LogP contribution in [0.5, 0.6) is 0 Å². The Hall–Kier alpha value is -1.89. The maximum Gasteiger partial charge on any atom is 0.252 e. The third kappa shape index (κ3) is 2.82. The van der Waals surface area contributed by atoms with Crippen molar-refractivity contribution in [3.8, 4) is 0 Å². The fraction of sp³-hybridized carbons (Fsp3) is 0.100. The molecule has 0 saturated heterocycles. The zero-order valence-electron chi connectivity index (χ0n) is 8.77. The number of hydrogen-bond donors (Lipinski definition) is 3. The van der Waals surface area contributed by atoms with Gasteiger partial charge in [0, 0.05) is 16.9 Å². The van der Waals surface area contributed by atoms with E-state index in [2.05, 4.69) is 36.2 Å². The largest absolute Gasteiger partial charge is 0.384 e. The number of carbonyl (C=O) groups excluding carboxylic acids is 1. The summed E-state index contributed by atoms with van der Waals surface area (Å²) < 4.78 is 0.605. The van der Waals surface area contributed by atoms with Gasteiger partial charge in [0.1, 0.15) is 5.82 Å². The average Bonchev–Trinajstić information content (AvgIpc) is 2.82. The summed E-state index contributed by atoms with van der Waals surface area (Å²) in [6, 6.07) is 1.52. The van der Waals surface area contributed by atoms with E-state index in [0.29, 0.717) is 22.4 Å². The Labute approximate surface area is 106 Å². The van der Waals surface area contributed by atoms with Gasteiger partial charge < -0.3 is 16.0 Å². The number of carbonyl (C=O) groups is 1. The minimum Gasteiger partial charge on any atom is -0.384 e. The standard InChI is InChI=1S/C10H10BrN5O/c11-8-4-14-9(12)1-7(8)10(17)15-3-6-2-13-5-16-6/h1-2,4-5H,3H2,(H2,12,14)(H,13,16)(H,15,17). The molecule has 0 saturated carbocycles. The van der Waals surface area contributed by atoms with Crippen molar-refractivity contribution in [1.82, 2.24) is 20.3 Å². The molecule has 0 atom stereocenters. The number of anilines is 1. The molecule has 0 fully saturated rings. The molecule has 0 spiro atoms. The quantitative estimate of drug-likeness (QED) is 0.789. The van der Waals surface area contributed by atoms with E-state index >= 15 is 0 Å². The van der Waals surface area contributed by atoms with E-state index in [1.165, 1.54) is 12.3 Å². The van der Waals surface area contributed by atoms with Gasteiger partial charge in [0.15, 0.2) is 0 Å². The first-order chi connectivity index (χ1) is 8.16. The normalized spacial score (nSPS) is 10.2. The van der Waals surface area contributed by atoms with Gasteiger partial charge in [-0.05, 0) is 22.0 Å². The topological polar surface area (TPSA) is 96.7 Å². The minimum absolute atomic E-state index is 0.222. The summed E-state index contributed by atoms with van der Waals surface area (Å²) in [7, 11) is 0. The molecule has 4 N–H and O–H groups in total. The van der Waals surface area contributed by atoms with Gasteiger partial charge in [-0.25, -0.2) is 9.97 Å². The molecule has 0 aliphatic rings. The van der Waals surface area contributed by atoms with Crippen molar-refractivity contribution in [3.63, 3.8) is 0 Å². The molecule has 7 heteroatoms. The maximum atomic E-state index is 11.9. The highest BCUT2D eigenvalue weighted by Gasteiger charge is 2.10. The molecule has 2 rings (SSSR count). The van der Waals surface area contributed by atoms with Crippen LogP contribution in [0.2, 0.25) is 0 Å². The molecule has 6 nitrogen and oxygen atoms in total. The van der Waals surface area contributed by atoms with Crippen LogP contribution >= 0.6 is 15.9 Å². The Bertz CT molecular complexity index is 525. The summed E-state index contributed by atoms with van der Waals surface area (Å²) in [5, 5.41) is 2.75. The molecule has 0 bridgehead atoms. The number of amides is 1. The number of imidazole rings is 1. The van der Waals surface area contributed by atoms with Crippen molar-refractivity contribution < 1.29 is 4.79 Å². The Morgan fingerprint density at radius 3 is 3.06 bits per heavy atom. The molecule has 88 valence electrons. The summed E-state index contributed by atoms with van der Waals surface area (Å²) in [4.78, 5) is 22.5. The Balaban J connectivity index is 2.07. The molecular weight excluding hydrogens is 286 g/mol. The predicted molar refractivity (Wildman–Crippen MR) is 66.1 cm³/mol. The van der Waals surface area contributed by atoms with E-state index in [-0.39, 0.29) is 5.91 Å². The van der Waals surface area contributed by atoms with Crippen LogP contribution in [0.4, 0.5) is 5.82 Å². The molecular formula is C10H10BrN5O. The summed E-state index contributed by atoms with van der Waals surface area (Å²) in [5.74, 6) is 0.0838. The highest BCUT2D eigenvalue weighted by molar-refractivity contribution is 9.10. The number of rotatable bonds is 3. The molecule has 2 aromatic heterocycles. The van der Waals surface area contributed by atoms with E-state index in [4.69, 9.17) is 5.73 Å². The summed E-state index contributed by atoms with van der Waals surface area (Å²) in [6.45, 7) is 0.382. The number of halogens is 1. The van der Waals surface area contributed by atoms with Gasteiger partial charge in [-0.2, -0.15) is 0 Å². The third-order valence-electron chi connectivity index (χ3n) is 2.12. The second-order valence-electron chi connectivity index (χ2n) is 3.35. The predicted octanol–water partition coefficient (Wildman–Crippen LogP) is 1.08. The molecule has 17 heavy (non-hydrogen) atoms. The van der Waals surface area contributed by atoms with Crippen LogP contribution in [0.3, 0.4) is 0 Å². The van der Waals surface area contributed by atoms with Crippen molar-refractivity contribution in [2.75, 3.05) is 5.73 Å². The van der Waals surface area contributed by atoms with E-state index in [1.807, 2.05) is 0 Å². The van der Waals surface area contributed by atoms with Crippen molar-refractivity contribution in [3.05, 3.63) is 40.5 Å². The molecule has 2 aromatic rings. The van der Waals surface area contributed by atoms with Crippen LogP contribution < -0.4 is 11.1 Å². The lowest BCUT2D eigenvalue weighted by Gasteiger charge is -2.06. The first-order valence-electron chi connectivity index (χ1n) is 4.83. The van der Waals surface area contributed by atoms with Gasteiger partial charge in [-0.15, -0.1) is 0 Å². The number of hydrogen-bond acceptors (Lipinski definition) is 4. The van der Waals surface area contributed by atoms with E-state index in [1.54, 1.807) is 12.5 Å². The van der Waals surface area contributed by atoms with Gasteiger partial charge in [0.05, 0.1) is 24.1 Å². The lowest BCUT2D eigenvalue weighted by atomic mass is 10.2. The van der Waals surface area contributed by atoms with Gasteiger partial charge in [-0.3, -0.25) is 4.79 Å². The zero-order chi connectivity index (χ0) is 12.3. The van der Waals surface area contributed by atoms with Crippen molar-refractivity contribution in [1.29, 1.82) is 0 Å². The number of aromatic amines is 1. The number of H-pyrrole nitrogens is 1. The first kappa shape index (κ1) is 11.6. The van der Waals surface area contributed by atoms with Crippen LogP contribution in [0.1, 0.15) is 16.1 Å². The van der Waals surface area contributed by atoms with Gasteiger partial charge in [-0.1, -0.05) is 0 Å². The maximum absolute atomic E-state index is 11.9. The number of pyridine rings is 1. The van der Waals surface area contributed by atoms with Crippen molar-refractivity contribution >= 4 is 27.7 Å². The van der Waals surface area contributed by atoms with Crippen molar-refractivity contribution in [2.45, 2.75) is 6.54 Å². The number of nitrogens with zero attached hydrogens (tertiary/aromatic N) is 2. The fourth-order valence-electron chi connectivity index (χ4n) is 1.28. The third-order valence-corrected chi connectivity index (χ3v) is 2.75. The second kappa shape index (κ2) is 4.96. The van der Waals surface area contributed by atoms with Crippen LogP contribution in [-0.2, 0) is 6.54 Å². The molecule has 2 heterocycles. The van der Waals surface area contributed by atoms with Crippen LogP contribution in [0, 0.1) is 0 Å². The smallest absolute Gasteiger partial charge is 0.252 e. The lowest BCUT2D eigenvalue weighted by Crippen LogP contribution is -2.23. The second-order valence-corrected chi connectivity index (χ2v) is 4.20. The number of nitrogens with two attached hydrogens (primary N) is 1. The van der Waals surface area contributed by atoms with E-state index in [9.17, 15) is 4.79 Å². The monoisotopic (exact) mass is 295 g/mol. The SMILES string of the molecule is Nc1cc(C(=O)NCc2cnc[nH]2)c(Br)cn1. The van der Waals surface area contributed by atoms with Gasteiger partial charge >= 0.3 is 0 Å². The Morgan fingerprint density at radius 1 is 1.53 bits per heavy atom. The Morgan fingerprint density at radius 2 is 2.35 bits per heavy atom. The zero-order valence-corrected chi connectivity index (χ0v) is 10.4. The van der Waals surface area contributed by atoms with Gasteiger partial charge in [0.2, 0.25) is 0 Å². The molecule has 0 aliphatic heterocycles. The summed E-state index contributed by atoms with van der Waals surface area (Å²) in [5.41, 5.74) is 6.81. The first-order valence-corrected chi connectivity index (χ1v) is 5.62. The van der Waals surface area contributed by atoms with Crippen LogP contribution in [0.15, 0.2) is 29.3 Å². The molecule has 0 aliphatic carbocycles. The molecule has 1 amide bonds. The minimum atomic E-state index is -0.222. The van der Waals surface area contributed by atoms with Crippen LogP contribution in [0.25, 0.3) is 0 Å². The fourth-order valence-corrected chi connectivity index (χ4v) is 1.68. The highest BCUT2D eigenvalue weighted by atomic mass is 79.9. The average molecular weight is 296 g/mol. The molecule has 0 unspecified atom stereocenters. The van der Waals surface area contributed by atoms with E-state index < -0.39 is 0 Å². The van der Waals surface area contributed by atoms with E-state index in [0.717, 1.165) is 5.69 Å². The summed E-state index contributed by atoms with van der Waals surface area (Å²) >= 11 is 3.25. The highest BCUT2D eigenvalue weighted by Crippen LogP contribution is 2.17. The van der Waals surface area contributed by atoms with Crippen molar-refractivity contribution in [2.24, 2.45) is 0 Å². The number of nitrogen functional groups attached to an aromatic ring is 1.